The topological polar surface area (TPSA) is 86.5 Å². The number of fused-ring (bicyclic) bond motifs is 1. The van der Waals surface area contributed by atoms with Crippen LogP contribution in [0.4, 0.5) is 0 Å². The average molecular weight is 348 g/mol. The van der Waals surface area contributed by atoms with Crippen LogP contribution in [0, 0.1) is 0 Å². The van der Waals surface area contributed by atoms with Crippen LogP contribution in [0.3, 0.4) is 0 Å². The van der Waals surface area contributed by atoms with E-state index in [-0.39, 0.29) is 6.54 Å². The summed E-state index contributed by atoms with van der Waals surface area (Å²) in [6.07, 6.45) is 4.89. The number of halogens is 1. The number of benzene rings is 1. The van der Waals surface area contributed by atoms with Crippen molar-refractivity contribution in [3.05, 3.63) is 35.7 Å². The van der Waals surface area contributed by atoms with Gasteiger partial charge in [0.15, 0.2) is 11.5 Å². The van der Waals surface area contributed by atoms with Gasteiger partial charge in [0.2, 0.25) is 0 Å². The number of aliphatic carboxylic acids is 1. The molecule has 1 N–H and O–H groups in total. The van der Waals surface area contributed by atoms with E-state index in [9.17, 15) is 4.79 Å². The van der Waals surface area contributed by atoms with E-state index in [2.05, 4.69) is 10.1 Å². The highest BCUT2D eigenvalue weighted by Crippen LogP contribution is 2.40. The zero-order valence-corrected chi connectivity index (χ0v) is 13.7. The predicted molar refractivity (Wildman–Crippen MR) is 88.7 cm³/mol. The molecule has 0 aliphatic carbocycles. The summed E-state index contributed by atoms with van der Waals surface area (Å²) in [5.41, 5.74) is 2.01. The molecule has 0 atom stereocenters. The van der Waals surface area contributed by atoms with Crippen LogP contribution in [0.15, 0.2) is 30.7 Å². The highest BCUT2D eigenvalue weighted by molar-refractivity contribution is 6.34. The summed E-state index contributed by atoms with van der Waals surface area (Å²) in [6.45, 7) is -0.228. The van der Waals surface area contributed by atoms with Crippen LogP contribution >= 0.6 is 11.6 Å². The molecular weight excluding hydrogens is 334 g/mol. The first-order chi connectivity index (χ1) is 11.5. The normalized spacial score (nSPS) is 10.8. The Labute approximate surface area is 142 Å². The maximum absolute atomic E-state index is 10.9. The van der Waals surface area contributed by atoms with Gasteiger partial charge in [0.25, 0.3) is 0 Å². The Hall–Kier alpha value is -2.80. The molecular formula is C16H14ClN3O4. The molecule has 0 radical (unpaired) electrons. The molecule has 0 saturated carbocycles. The van der Waals surface area contributed by atoms with E-state index in [4.69, 9.17) is 26.2 Å². The SMILES string of the molecule is COc1cc(Cl)c(-c2cncc3nn(CC(=O)O)cc23)cc1OC. The molecule has 24 heavy (non-hydrogen) atoms. The lowest BCUT2D eigenvalue weighted by Gasteiger charge is -2.12. The van der Waals surface area contributed by atoms with Crippen LogP contribution in [0.2, 0.25) is 5.02 Å². The van der Waals surface area contributed by atoms with Gasteiger partial charge in [0.1, 0.15) is 12.1 Å². The van der Waals surface area contributed by atoms with Gasteiger partial charge in [-0.25, -0.2) is 0 Å². The molecule has 0 saturated heterocycles. The third-order valence-corrected chi connectivity index (χ3v) is 3.85. The molecule has 2 aromatic heterocycles. The number of methoxy groups -OCH3 is 2. The fourth-order valence-electron chi connectivity index (χ4n) is 2.49. The van der Waals surface area contributed by atoms with E-state index in [0.717, 1.165) is 10.9 Å². The molecule has 8 heteroatoms. The Morgan fingerprint density at radius 2 is 1.92 bits per heavy atom. The quantitative estimate of drug-likeness (QED) is 0.763. The van der Waals surface area contributed by atoms with Crippen LogP contribution in [0.25, 0.3) is 22.0 Å². The number of aromatic nitrogens is 3. The maximum Gasteiger partial charge on any atom is 0.325 e. The Morgan fingerprint density at radius 3 is 2.58 bits per heavy atom. The molecule has 0 amide bonds. The highest BCUT2D eigenvalue weighted by Gasteiger charge is 2.16. The summed E-state index contributed by atoms with van der Waals surface area (Å²) >= 11 is 6.38. The lowest BCUT2D eigenvalue weighted by Crippen LogP contribution is -2.08. The molecule has 124 valence electrons. The highest BCUT2D eigenvalue weighted by atomic mass is 35.5. The summed E-state index contributed by atoms with van der Waals surface area (Å²) in [6, 6.07) is 3.42. The zero-order chi connectivity index (χ0) is 17.3. The summed E-state index contributed by atoms with van der Waals surface area (Å²) in [4.78, 5) is 15.0. The minimum Gasteiger partial charge on any atom is -0.493 e. The molecule has 2 heterocycles. The molecule has 0 aliphatic rings. The van der Waals surface area contributed by atoms with Crippen LogP contribution in [0.1, 0.15) is 0 Å². The van der Waals surface area contributed by atoms with Crippen molar-refractivity contribution in [3.63, 3.8) is 0 Å². The van der Waals surface area contributed by atoms with E-state index in [1.54, 1.807) is 37.8 Å². The van der Waals surface area contributed by atoms with E-state index in [0.29, 0.717) is 27.6 Å². The number of carbonyl (C=O) groups is 1. The van der Waals surface area contributed by atoms with Crippen LogP contribution in [-0.4, -0.2) is 40.1 Å². The summed E-state index contributed by atoms with van der Waals surface area (Å²) in [5, 5.41) is 14.4. The number of hydrogen-bond acceptors (Lipinski definition) is 5. The number of carboxylic acids is 1. The maximum atomic E-state index is 10.9. The minimum atomic E-state index is -0.971. The molecule has 0 spiro atoms. The van der Waals surface area contributed by atoms with Gasteiger partial charge < -0.3 is 14.6 Å². The predicted octanol–water partition coefficient (Wildman–Crippen LogP) is 2.85. The molecule has 0 aliphatic heterocycles. The van der Waals surface area contributed by atoms with Gasteiger partial charge in [-0.3, -0.25) is 14.5 Å². The number of hydrogen-bond donors (Lipinski definition) is 1. The van der Waals surface area contributed by atoms with Crippen molar-refractivity contribution in [2.75, 3.05) is 14.2 Å². The number of ether oxygens (including phenoxy) is 2. The summed E-state index contributed by atoms with van der Waals surface area (Å²) < 4.78 is 11.9. The fourth-order valence-corrected chi connectivity index (χ4v) is 2.74. The first kappa shape index (κ1) is 16.1. The Morgan fingerprint density at radius 1 is 1.21 bits per heavy atom. The van der Waals surface area contributed by atoms with Gasteiger partial charge >= 0.3 is 5.97 Å². The molecule has 3 aromatic rings. The largest absolute Gasteiger partial charge is 0.493 e. The van der Waals surface area contributed by atoms with Crippen molar-refractivity contribution in [3.8, 4) is 22.6 Å². The van der Waals surface area contributed by atoms with E-state index in [1.165, 1.54) is 11.8 Å². The van der Waals surface area contributed by atoms with E-state index < -0.39 is 5.97 Å². The second kappa shape index (κ2) is 6.37. The molecule has 7 nitrogen and oxygen atoms in total. The fraction of sp³-hybridized carbons (Fsp3) is 0.188. The van der Waals surface area contributed by atoms with Gasteiger partial charge in [-0.05, 0) is 6.07 Å². The van der Waals surface area contributed by atoms with Crippen LogP contribution in [0.5, 0.6) is 11.5 Å². The monoisotopic (exact) mass is 347 g/mol. The lowest BCUT2D eigenvalue weighted by atomic mass is 10.0. The number of pyridine rings is 1. The average Bonchev–Trinajstić information content (AvgIpc) is 2.96. The number of nitrogens with zero attached hydrogens (tertiary/aromatic N) is 3. The number of rotatable bonds is 5. The van der Waals surface area contributed by atoms with Crippen LogP contribution in [-0.2, 0) is 11.3 Å². The molecule has 0 unspecified atom stereocenters. The van der Waals surface area contributed by atoms with Gasteiger partial charge in [-0.2, -0.15) is 5.10 Å². The van der Waals surface area contributed by atoms with Crippen molar-refractivity contribution in [1.29, 1.82) is 0 Å². The molecule has 1 aromatic carbocycles. The van der Waals surface area contributed by atoms with Crippen molar-refractivity contribution >= 4 is 28.5 Å². The van der Waals surface area contributed by atoms with Crippen molar-refractivity contribution < 1.29 is 19.4 Å². The second-order valence-electron chi connectivity index (χ2n) is 5.03. The zero-order valence-electron chi connectivity index (χ0n) is 13.0. The Bertz CT molecular complexity index is 923. The molecule has 3 rings (SSSR count). The van der Waals surface area contributed by atoms with E-state index >= 15 is 0 Å². The van der Waals surface area contributed by atoms with Gasteiger partial charge in [-0.15, -0.1) is 0 Å². The Balaban J connectivity index is 2.19. The second-order valence-corrected chi connectivity index (χ2v) is 5.43. The lowest BCUT2D eigenvalue weighted by molar-refractivity contribution is -0.137. The molecule has 0 fully saturated rings. The standard InChI is InChI=1S/C16H14ClN3O4/c1-23-14-3-9(12(17)4-15(14)24-2)10-5-18-6-13-11(10)7-20(19-13)8-16(21)22/h3-7H,8H2,1-2H3,(H,21,22). The smallest absolute Gasteiger partial charge is 0.325 e. The van der Waals surface area contributed by atoms with Gasteiger partial charge in [0, 0.05) is 35.0 Å². The number of carboxylic acid groups (broad SMARTS) is 1. The third kappa shape index (κ3) is 2.85. The van der Waals surface area contributed by atoms with Crippen molar-refractivity contribution in [1.82, 2.24) is 14.8 Å². The minimum absolute atomic E-state index is 0.228. The first-order valence-electron chi connectivity index (χ1n) is 6.98. The first-order valence-corrected chi connectivity index (χ1v) is 7.36. The Kier molecular flexibility index (Phi) is 4.26. The summed E-state index contributed by atoms with van der Waals surface area (Å²) in [5.74, 6) is 0.0845. The van der Waals surface area contributed by atoms with Crippen LogP contribution < -0.4 is 9.47 Å². The van der Waals surface area contributed by atoms with Crippen molar-refractivity contribution in [2.45, 2.75) is 6.54 Å². The van der Waals surface area contributed by atoms with Crippen molar-refractivity contribution in [2.24, 2.45) is 0 Å². The molecule has 0 bridgehead atoms. The van der Waals surface area contributed by atoms with Gasteiger partial charge in [0.05, 0.1) is 25.4 Å². The van der Waals surface area contributed by atoms with E-state index in [1.807, 2.05) is 0 Å². The third-order valence-electron chi connectivity index (χ3n) is 3.54. The van der Waals surface area contributed by atoms with Gasteiger partial charge in [-0.1, -0.05) is 11.6 Å². The summed E-state index contributed by atoms with van der Waals surface area (Å²) in [7, 11) is 3.07.